The third kappa shape index (κ3) is 22.0. The molecule has 1 atom stereocenters. The van der Waals surface area contributed by atoms with Crippen molar-refractivity contribution in [3.63, 3.8) is 0 Å². The van der Waals surface area contributed by atoms with E-state index in [0.29, 0.717) is 0 Å². The molecule has 0 spiro atoms. The first-order chi connectivity index (χ1) is 8.82. The summed E-state index contributed by atoms with van der Waals surface area (Å²) in [6.45, 7) is 7.58. The Morgan fingerprint density at radius 3 is 1.95 bits per heavy atom. The summed E-state index contributed by atoms with van der Waals surface area (Å²) in [5.41, 5.74) is 0. The maximum atomic E-state index is 10.4. The van der Waals surface area contributed by atoms with Gasteiger partial charge < -0.3 is 14.4 Å². The Labute approximate surface area is 118 Å². The van der Waals surface area contributed by atoms with E-state index in [1.54, 1.807) is 7.11 Å². The fourth-order valence-electron chi connectivity index (χ4n) is 0.456. The average molecular weight is 318 g/mol. The first-order valence-electron chi connectivity index (χ1n) is 4.72. The van der Waals surface area contributed by atoms with Gasteiger partial charge in [0.15, 0.2) is 6.16 Å². The van der Waals surface area contributed by atoms with Crippen molar-refractivity contribution in [3.05, 3.63) is 12.3 Å². The molecule has 2 N–H and O–H groups in total. The van der Waals surface area contributed by atoms with E-state index in [1.807, 2.05) is 13.7 Å². The molecule has 0 aromatic rings. The van der Waals surface area contributed by atoms with Crippen molar-refractivity contribution in [3.8, 4) is 0 Å². The third-order valence-electron chi connectivity index (χ3n) is 1.32. The van der Waals surface area contributed by atoms with Gasteiger partial charge in [-0.15, -0.1) is 0 Å². The molecular formula is C10H23O9P. The quantitative estimate of drug-likeness (QED) is 0.326. The molecular weight excluding hydrogens is 295 g/mol. The standard InChI is InChI=1S/C5H10O.C3H7O7P.CH2O.CH4/c1-4-5(2)6-3;1-8-9-3(4)2-11(6,7)10-5;1-2;/h2,4H2,1,3H3;5H,2H2,1H3,(H,6,7);1H2;1H4. The highest BCUT2D eigenvalue weighted by Crippen LogP contribution is 2.39. The van der Waals surface area contributed by atoms with Crippen LogP contribution >= 0.6 is 7.60 Å². The fourth-order valence-corrected chi connectivity index (χ4v) is 0.892. The van der Waals surface area contributed by atoms with E-state index in [0.717, 1.165) is 19.3 Å². The fraction of sp³-hybridized carbons (Fsp3) is 0.600. The summed E-state index contributed by atoms with van der Waals surface area (Å²) in [5, 5.41) is 7.75. The van der Waals surface area contributed by atoms with Crippen molar-refractivity contribution < 1.29 is 43.5 Å². The molecule has 0 saturated carbocycles. The molecule has 0 heterocycles. The van der Waals surface area contributed by atoms with Crippen molar-refractivity contribution in [1.82, 2.24) is 0 Å². The minimum Gasteiger partial charge on any atom is -0.502 e. The summed E-state index contributed by atoms with van der Waals surface area (Å²) >= 11 is 0. The van der Waals surface area contributed by atoms with E-state index >= 15 is 0 Å². The Balaban J connectivity index is -0.000000122. The van der Waals surface area contributed by atoms with Crippen LogP contribution in [-0.4, -0.2) is 43.3 Å². The summed E-state index contributed by atoms with van der Waals surface area (Å²) in [6, 6.07) is 0. The van der Waals surface area contributed by atoms with E-state index in [4.69, 9.17) is 19.7 Å². The molecule has 122 valence electrons. The predicted molar refractivity (Wildman–Crippen MR) is 71.8 cm³/mol. The molecule has 0 amide bonds. The van der Waals surface area contributed by atoms with Gasteiger partial charge in [-0.25, -0.2) is 10.1 Å². The first kappa shape index (κ1) is 27.2. The van der Waals surface area contributed by atoms with E-state index in [1.165, 1.54) is 0 Å². The molecule has 0 aromatic heterocycles. The van der Waals surface area contributed by atoms with Crippen molar-refractivity contribution in [1.29, 1.82) is 0 Å². The highest BCUT2D eigenvalue weighted by atomic mass is 31.2. The third-order valence-corrected chi connectivity index (χ3v) is 2.23. The van der Waals surface area contributed by atoms with E-state index < -0.39 is 19.7 Å². The highest BCUT2D eigenvalue weighted by molar-refractivity contribution is 7.53. The molecule has 0 aromatic carbocycles. The van der Waals surface area contributed by atoms with Crippen molar-refractivity contribution >= 4 is 20.4 Å². The number of rotatable bonds is 6. The molecule has 0 fully saturated rings. The summed E-state index contributed by atoms with van der Waals surface area (Å²) in [4.78, 5) is 34.5. The van der Waals surface area contributed by atoms with E-state index in [2.05, 4.69) is 21.0 Å². The minimum absolute atomic E-state index is 0. The number of hydrogen-bond donors (Lipinski definition) is 2. The SMILES string of the molecule is C.C=C(CC)OC.C=O.COOC(=O)CP(=O)(O)OO. The van der Waals surface area contributed by atoms with Gasteiger partial charge in [0.2, 0.25) is 0 Å². The zero-order chi connectivity index (χ0) is 15.9. The molecule has 0 aliphatic carbocycles. The van der Waals surface area contributed by atoms with Crippen LogP contribution in [0.3, 0.4) is 0 Å². The van der Waals surface area contributed by atoms with Gasteiger partial charge in [0, 0.05) is 6.42 Å². The molecule has 1 unspecified atom stereocenters. The van der Waals surface area contributed by atoms with Crippen LogP contribution in [0.2, 0.25) is 0 Å². The van der Waals surface area contributed by atoms with E-state index in [-0.39, 0.29) is 7.43 Å². The normalized spacial score (nSPS) is 11.1. The highest BCUT2D eigenvalue weighted by Gasteiger charge is 2.25. The average Bonchev–Trinajstić information content (AvgIpc) is 2.40. The van der Waals surface area contributed by atoms with E-state index in [9.17, 15) is 9.36 Å². The molecule has 0 aliphatic rings. The van der Waals surface area contributed by atoms with Crippen LogP contribution < -0.4 is 0 Å². The Kier molecular flexibility index (Phi) is 24.1. The second-order valence-electron chi connectivity index (χ2n) is 2.60. The number of hydrogen-bond acceptors (Lipinski definition) is 8. The van der Waals surface area contributed by atoms with Crippen LogP contribution in [-0.2, 0) is 33.3 Å². The molecule has 10 heteroatoms. The Hall–Kier alpha value is -1.25. The lowest BCUT2D eigenvalue weighted by Gasteiger charge is -2.03. The van der Waals surface area contributed by atoms with Crippen molar-refractivity contribution in [2.24, 2.45) is 0 Å². The molecule has 9 nitrogen and oxygen atoms in total. The lowest BCUT2D eigenvalue weighted by atomic mass is 10.4. The summed E-state index contributed by atoms with van der Waals surface area (Å²) in [5.74, 6) is -0.262. The Morgan fingerprint density at radius 1 is 1.30 bits per heavy atom. The minimum atomic E-state index is -4.26. The summed E-state index contributed by atoms with van der Waals surface area (Å²) in [7, 11) is -1.57. The van der Waals surface area contributed by atoms with Crippen LogP contribution in [0.25, 0.3) is 0 Å². The summed E-state index contributed by atoms with van der Waals surface area (Å²) in [6.07, 6.45) is -0.0478. The number of ether oxygens (including phenoxy) is 1. The zero-order valence-electron chi connectivity index (χ0n) is 11.0. The van der Waals surface area contributed by atoms with Gasteiger partial charge in [0.05, 0.1) is 20.0 Å². The van der Waals surface area contributed by atoms with Gasteiger partial charge >= 0.3 is 13.6 Å². The van der Waals surface area contributed by atoms with Gasteiger partial charge in [-0.3, -0.25) is 9.45 Å². The van der Waals surface area contributed by atoms with Crippen LogP contribution in [0.1, 0.15) is 20.8 Å². The number of allylic oxidation sites excluding steroid dienone is 1. The van der Waals surface area contributed by atoms with Crippen LogP contribution in [0.15, 0.2) is 12.3 Å². The molecule has 0 saturated heterocycles. The van der Waals surface area contributed by atoms with Gasteiger partial charge in [-0.05, 0) is 0 Å². The Bertz CT molecular complexity index is 286. The number of carbonyl (C=O) groups excluding carboxylic acids is 2. The molecule has 0 rings (SSSR count). The second-order valence-corrected chi connectivity index (χ2v) is 4.35. The first-order valence-corrected chi connectivity index (χ1v) is 6.48. The lowest BCUT2D eigenvalue weighted by Crippen LogP contribution is -2.09. The van der Waals surface area contributed by atoms with Gasteiger partial charge in [0.1, 0.15) is 6.79 Å². The second kappa shape index (κ2) is 17.8. The number of carbonyl (C=O) groups is 2. The number of methoxy groups -OCH3 is 1. The van der Waals surface area contributed by atoms with Gasteiger partial charge in [0.25, 0.3) is 0 Å². The maximum Gasteiger partial charge on any atom is 0.366 e. The zero-order valence-corrected chi connectivity index (χ0v) is 11.9. The van der Waals surface area contributed by atoms with Gasteiger partial charge in [-0.1, -0.05) is 20.9 Å². The van der Waals surface area contributed by atoms with Gasteiger partial charge in [-0.2, -0.15) is 9.56 Å². The summed E-state index contributed by atoms with van der Waals surface area (Å²) < 4.78 is 18.2. The molecule has 20 heavy (non-hydrogen) atoms. The predicted octanol–water partition coefficient (Wildman–Crippen LogP) is 1.77. The maximum absolute atomic E-state index is 10.4. The monoisotopic (exact) mass is 318 g/mol. The smallest absolute Gasteiger partial charge is 0.366 e. The Morgan fingerprint density at radius 2 is 1.75 bits per heavy atom. The molecule has 0 aliphatic heterocycles. The van der Waals surface area contributed by atoms with Crippen LogP contribution in [0, 0.1) is 0 Å². The molecule has 0 radical (unpaired) electrons. The van der Waals surface area contributed by atoms with Crippen molar-refractivity contribution in [2.75, 3.05) is 20.4 Å². The topological polar surface area (TPSA) is 129 Å². The van der Waals surface area contributed by atoms with Crippen molar-refractivity contribution in [2.45, 2.75) is 20.8 Å². The van der Waals surface area contributed by atoms with Crippen LogP contribution in [0.4, 0.5) is 0 Å². The molecule has 0 bridgehead atoms. The lowest BCUT2D eigenvalue weighted by molar-refractivity contribution is -0.252. The largest absolute Gasteiger partial charge is 0.502 e. The van der Waals surface area contributed by atoms with Crippen LogP contribution in [0.5, 0.6) is 0 Å².